The third-order valence-corrected chi connectivity index (χ3v) is 3.52. The predicted molar refractivity (Wildman–Crippen MR) is 83.9 cm³/mol. The molecule has 0 aliphatic carbocycles. The molecule has 0 saturated carbocycles. The van der Waals surface area contributed by atoms with Gasteiger partial charge in [-0.25, -0.2) is 5.01 Å². The van der Waals surface area contributed by atoms with Crippen molar-refractivity contribution in [3.8, 4) is 0 Å². The minimum Gasteiger partial charge on any atom is -0.467 e. The van der Waals surface area contributed by atoms with Crippen molar-refractivity contribution in [3.63, 3.8) is 0 Å². The van der Waals surface area contributed by atoms with Gasteiger partial charge in [0.1, 0.15) is 23.3 Å². The van der Waals surface area contributed by atoms with Crippen molar-refractivity contribution in [1.29, 1.82) is 0 Å². The molecule has 6 heteroatoms. The number of nitrogens with one attached hydrogen (secondary N) is 1. The molecule has 1 atom stereocenters. The van der Waals surface area contributed by atoms with E-state index >= 15 is 0 Å². The van der Waals surface area contributed by atoms with Crippen LogP contribution in [0.5, 0.6) is 0 Å². The molecule has 0 fully saturated rings. The molecule has 1 aliphatic heterocycles. The van der Waals surface area contributed by atoms with E-state index in [0.717, 1.165) is 17.2 Å². The highest BCUT2D eigenvalue weighted by atomic mass is 32.1. The molecular formula is C15H15N3O2S. The largest absolute Gasteiger partial charge is 0.467 e. The molecule has 108 valence electrons. The van der Waals surface area contributed by atoms with Crippen LogP contribution < -0.4 is 5.32 Å². The summed E-state index contributed by atoms with van der Waals surface area (Å²) in [4.78, 5) is 0. The van der Waals surface area contributed by atoms with Gasteiger partial charge in [-0.05, 0) is 36.5 Å². The fourth-order valence-electron chi connectivity index (χ4n) is 2.23. The van der Waals surface area contributed by atoms with Crippen LogP contribution in [0.4, 0.5) is 0 Å². The van der Waals surface area contributed by atoms with Gasteiger partial charge in [-0.2, -0.15) is 5.10 Å². The second-order valence-corrected chi connectivity index (χ2v) is 4.97. The molecule has 21 heavy (non-hydrogen) atoms. The SMILES string of the molecule is C=CCNC(=S)N1N=C(c2ccco2)C[C@H]1c1ccco1. The van der Waals surface area contributed by atoms with Crippen LogP contribution in [0.15, 0.2) is 63.4 Å². The average Bonchev–Trinajstić information content (AvgIpc) is 3.24. The Kier molecular flexibility index (Phi) is 3.87. The normalized spacial score (nSPS) is 17.6. The Balaban J connectivity index is 1.87. The van der Waals surface area contributed by atoms with Crippen molar-refractivity contribution in [2.45, 2.75) is 12.5 Å². The van der Waals surface area contributed by atoms with E-state index in [1.165, 1.54) is 0 Å². The lowest BCUT2D eigenvalue weighted by molar-refractivity contribution is 0.311. The topological polar surface area (TPSA) is 53.9 Å². The van der Waals surface area contributed by atoms with Crippen molar-refractivity contribution in [3.05, 3.63) is 61.0 Å². The zero-order valence-electron chi connectivity index (χ0n) is 11.4. The summed E-state index contributed by atoms with van der Waals surface area (Å²) < 4.78 is 10.9. The van der Waals surface area contributed by atoms with Crippen LogP contribution in [0.25, 0.3) is 0 Å². The number of hydrazone groups is 1. The molecule has 0 unspecified atom stereocenters. The molecule has 3 heterocycles. The van der Waals surface area contributed by atoms with Crippen LogP contribution in [-0.4, -0.2) is 22.4 Å². The van der Waals surface area contributed by atoms with Crippen molar-refractivity contribution in [2.24, 2.45) is 5.10 Å². The van der Waals surface area contributed by atoms with E-state index in [1.54, 1.807) is 23.6 Å². The highest BCUT2D eigenvalue weighted by molar-refractivity contribution is 7.80. The van der Waals surface area contributed by atoms with E-state index in [4.69, 9.17) is 21.1 Å². The lowest BCUT2D eigenvalue weighted by Gasteiger charge is -2.22. The van der Waals surface area contributed by atoms with E-state index in [-0.39, 0.29) is 6.04 Å². The number of hydrogen-bond donors (Lipinski definition) is 1. The fraction of sp³-hybridized carbons (Fsp3) is 0.200. The summed E-state index contributed by atoms with van der Waals surface area (Å²) >= 11 is 5.40. The molecule has 0 amide bonds. The first-order valence-corrected chi connectivity index (χ1v) is 7.03. The molecule has 0 bridgehead atoms. The molecule has 0 radical (unpaired) electrons. The Morgan fingerprint density at radius 1 is 1.43 bits per heavy atom. The summed E-state index contributed by atoms with van der Waals surface area (Å²) in [5.74, 6) is 1.57. The molecule has 2 aromatic rings. The lowest BCUT2D eigenvalue weighted by Crippen LogP contribution is -2.36. The van der Waals surface area contributed by atoms with E-state index < -0.39 is 0 Å². The van der Waals surface area contributed by atoms with Crippen molar-refractivity contribution < 1.29 is 8.83 Å². The highest BCUT2D eigenvalue weighted by Gasteiger charge is 2.33. The number of rotatable bonds is 4. The van der Waals surface area contributed by atoms with Gasteiger partial charge < -0.3 is 14.2 Å². The molecule has 0 saturated heterocycles. The fourth-order valence-corrected chi connectivity index (χ4v) is 2.48. The van der Waals surface area contributed by atoms with Crippen molar-refractivity contribution in [1.82, 2.24) is 10.3 Å². The Hall–Kier alpha value is -2.34. The minimum absolute atomic E-state index is 0.0649. The van der Waals surface area contributed by atoms with Crippen molar-refractivity contribution >= 4 is 23.0 Å². The van der Waals surface area contributed by atoms with E-state index in [2.05, 4.69) is 17.0 Å². The van der Waals surface area contributed by atoms with Crippen LogP contribution in [0, 0.1) is 0 Å². The number of furan rings is 2. The molecule has 1 N–H and O–H groups in total. The summed E-state index contributed by atoms with van der Waals surface area (Å²) in [6.07, 6.45) is 5.72. The monoisotopic (exact) mass is 301 g/mol. The third kappa shape index (κ3) is 2.75. The third-order valence-electron chi connectivity index (χ3n) is 3.19. The minimum atomic E-state index is -0.0649. The summed E-state index contributed by atoms with van der Waals surface area (Å²) in [5.41, 5.74) is 0.851. The van der Waals surface area contributed by atoms with Gasteiger partial charge in [0.25, 0.3) is 0 Å². The molecule has 0 spiro atoms. The molecule has 3 rings (SSSR count). The van der Waals surface area contributed by atoms with Crippen LogP contribution in [0.2, 0.25) is 0 Å². The Morgan fingerprint density at radius 2 is 2.24 bits per heavy atom. The van der Waals surface area contributed by atoms with Crippen LogP contribution in [0.3, 0.4) is 0 Å². The maximum atomic E-state index is 5.51. The zero-order chi connectivity index (χ0) is 14.7. The first-order valence-electron chi connectivity index (χ1n) is 6.62. The number of thiocarbonyl (C=S) groups is 1. The first-order chi connectivity index (χ1) is 10.3. The maximum Gasteiger partial charge on any atom is 0.190 e. The van der Waals surface area contributed by atoms with Gasteiger partial charge in [0.05, 0.1) is 12.5 Å². The maximum absolute atomic E-state index is 5.51. The van der Waals surface area contributed by atoms with Gasteiger partial charge in [0.15, 0.2) is 5.11 Å². The summed E-state index contributed by atoms with van der Waals surface area (Å²) in [6.45, 7) is 4.26. The van der Waals surface area contributed by atoms with Gasteiger partial charge in [0, 0.05) is 13.0 Å². The highest BCUT2D eigenvalue weighted by Crippen LogP contribution is 2.33. The molecule has 0 aromatic carbocycles. The van der Waals surface area contributed by atoms with Crippen LogP contribution in [0.1, 0.15) is 24.0 Å². The summed E-state index contributed by atoms with van der Waals surface area (Å²) in [7, 11) is 0. The van der Waals surface area contributed by atoms with Crippen molar-refractivity contribution in [2.75, 3.05) is 6.54 Å². The van der Waals surface area contributed by atoms with E-state index in [1.807, 2.05) is 24.3 Å². The van der Waals surface area contributed by atoms with Gasteiger partial charge in [-0.3, -0.25) is 0 Å². The lowest BCUT2D eigenvalue weighted by atomic mass is 10.1. The van der Waals surface area contributed by atoms with E-state index in [0.29, 0.717) is 18.1 Å². The summed E-state index contributed by atoms with van der Waals surface area (Å²) in [5, 5.41) is 9.97. The smallest absolute Gasteiger partial charge is 0.190 e. The molecule has 5 nitrogen and oxygen atoms in total. The number of hydrogen-bond acceptors (Lipinski definition) is 4. The van der Waals surface area contributed by atoms with E-state index in [9.17, 15) is 0 Å². The van der Waals surface area contributed by atoms with Crippen LogP contribution >= 0.6 is 12.2 Å². The molecular weight excluding hydrogens is 286 g/mol. The quantitative estimate of drug-likeness (QED) is 0.695. The number of nitrogens with zero attached hydrogens (tertiary/aromatic N) is 2. The molecule has 1 aliphatic rings. The predicted octanol–water partition coefficient (Wildman–Crippen LogP) is 3.08. The Morgan fingerprint density at radius 3 is 2.90 bits per heavy atom. The standard InChI is InChI=1S/C15H15N3O2S/c1-2-7-16-15(21)18-12(14-6-4-9-20-14)10-11(17-18)13-5-3-8-19-13/h2-6,8-9,12H,1,7,10H2,(H,16,21)/t12-/m0/s1. The zero-order valence-corrected chi connectivity index (χ0v) is 12.2. The van der Waals surface area contributed by atoms with Gasteiger partial charge in [0.2, 0.25) is 0 Å². The van der Waals surface area contributed by atoms with Crippen LogP contribution in [-0.2, 0) is 0 Å². The van der Waals surface area contributed by atoms with Gasteiger partial charge in [-0.1, -0.05) is 6.08 Å². The molecule has 2 aromatic heterocycles. The average molecular weight is 301 g/mol. The second kappa shape index (κ2) is 5.97. The van der Waals surface area contributed by atoms with Gasteiger partial charge in [-0.15, -0.1) is 6.58 Å². The van der Waals surface area contributed by atoms with Gasteiger partial charge >= 0.3 is 0 Å². The second-order valence-electron chi connectivity index (χ2n) is 4.58. The summed E-state index contributed by atoms with van der Waals surface area (Å²) in [6, 6.07) is 7.45. The first kappa shape index (κ1) is 13.6. The Bertz CT molecular complexity index is 647. The Labute approximate surface area is 127 Å².